The van der Waals surface area contributed by atoms with Crippen LogP contribution >= 0.6 is 34.8 Å². The van der Waals surface area contributed by atoms with Crippen LogP contribution in [0.2, 0.25) is 15.1 Å². The number of epoxide rings is 1. The summed E-state index contributed by atoms with van der Waals surface area (Å²) in [6, 6.07) is 2.86. The van der Waals surface area contributed by atoms with Crippen molar-refractivity contribution in [2.75, 3.05) is 13.2 Å². The van der Waals surface area contributed by atoms with Crippen molar-refractivity contribution in [3.05, 3.63) is 32.8 Å². The molecule has 1 aromatic carbocycles. The maximum Gasteiger partial charge on any atom is 0.341 e. The van der Waals surface area contributed by atoms with E-state index in [4.69, 9.17) is 44.3 Å². The Bertz CT molecular complexity index is 520. The molecule has 21 heavy (non-hydrogen) atoms. The topological polar surface area (TPSA) is 59.1 Å². The predicted octanol–water partition coefficient (Wildman–Crippen LogP) is 3.73. The molecule has 1 aliphatic heterocycles. The Morgan fingerprint density at radius 2 is 2.00 bits per heavy atom. The summed E-state index contributed by atoms with van der Waals surface area (Å²) in [7, 11) is 0. The van der Waals surface area contributed by atoms with Crippen molar-refractivity contribution in [2.45, 2.75) is 31.5 Å². The maximum absolute atomic E-state index is 11.9. The number of aliphatic hydroxyl groups excluding tert-OH is 1. The van der Waals surface area contributed by atoms with E-state index in [0.717, 1.165) is 0 Å². The number of halogens is 3. The molecule has 0 saturated carbocycles. The third-order valence-corrected chi connectivity index (χ3v) is 4.19. The fourth-order valence-corrected chi connectivity index (χ4v) is 2.83. The van der Waals surface area contributed by atoms with Crippen molar-refractivity contribution in [3.63, 3.8) is 0 Å². The Kier molecular flexibility index (Phi) is 5.38. The van der Waals surface area contributed by atoms with Crippen LogP contribution in [0.3, 0.4) is 0 Å². The summed E-state index contributed by atoms with van der Waals surface area (Å²) in [5.74, 6) is -0.606. The molecule has 1 aliphatic rings. The second kappa shape index (κ2) is 6.71. The van der Waals surface area contributed by atoms with E-state index in [1.54, 1.807) is 0 Å². The van der Waals surface area contributed by atoms with Crippen molar-refractivity contribution in [1.82, 2.24) is 0 Å². The SMILES string of the molecule is C[C@@]1([C@H](O)CCCOC(=O)c2c(Cl)cc(Cl)cc2Cl)CO1. The number of hydrogen-bond donors (Lipinski definition) is 1. The monoisotopic (exact) mass is 352 g/mol. The number of carbonyl (C=O) groups excluding carboxylic acids is 1. The molecule has 1 fully saturated rings. The molecule has 116 valence electrons. The highest BCUT2D eigenvalue weighted by atomic mass is 35.5. The van der Waals surface area contributed by atoms with Gasteiger partial charge < -0.3 is 14.6 Å². The first-order chi connectivity index (χ1) is 9.83. The van der Waals surface area contributed by atoms with E-state index in [1.165, 1.54) is 12.1 Å². The summed E-state index contributed by atoms with van der Waals surface area (Å²) in [5, 5.41) is 10.5. The van der Waals surface area contributed by atoms with Gasteiger partial charge in [-0.15, -0.1) is 0 Å². The lowest BCUT2D eigenvalue weighted by atomic mass is 10.0. The normalized spacial score (nSPS) is 22.0. The van der Waals surface area contributed by atoms with Gasteiger partial charge in [0.2, 0.25) is 0 Å². The molecule has 0 radical (unpaired) electrons. The number of carbonyl (C=O) groups is 1. The zero-order chi connectivity index (χ0) is 15.6. The van der Waals surface area contributed by atoms with Gasteiger partial charge in [0.1, 0.15) is 5.60 Å². The van der Waals surface area contributed by atoms with Gasteiger partial charge in [-0.3, -0.25) is 0 Å². The lowest BCUT2D eigenvalue weighted by Gasteiger charge is -2.14. The summed E-state index contributed by atoms with van der Waals surface area (Å²) in [4.78, 5) is 11.9. The molecule has 0 unspecified atom stereocenters. The number of esters is 1. The average molecular weight is 354 g/mol. The quantitative estimate of drug-likeness (QED) is 0.481. The first-order valence-electron chi connectivity index (χ1n) is 6.47. The maximum atomic E-state index is 11.9. The Balaban J connectivity index is 1.82. The largest absolute Gasteiger partial charge is 0.462 e. The lowest BCUT2D eigenvalue weighted by molar-refractivity contribution is 0.0426. The smallest absolute Gasteiger partial charge is 0.341 e. The van der Waals surface area contributed by atoms with Crippen molar-refractivity contribution in [3.8, 4) is 0 Å². The zero-order valence-electron chi connectivity index (χ0n) is 11.4. The fourth-order valence-electron chi connectivity index (χ4n) is 1.86. The van der Waals surface area contributed by atoms with Crippen LogP contribution in [0.15, 0.2) is 12.1 Å². The van der Waals surface area contributed by atoms with Crippen molar-refractivity contribution in [2.24, 2.45) is 0 Å². The van der Waals surface area contributed by atoms with Crippen LogP contribution in [0.1, 0.15) is 30.1 Å². The molecule has 7 heteroatoms. The zero-order valence-corrected chi connectivity index (χ0v) is 13.6. The number of aliphatic hydroxyl groups is 1. The van der Waals surface area contributed by atoms with Gasteiger partial charge in [-0.25, -0.2) is 4.79 Å². The summed E-state index contributed by atoms with van der Waals surface area (Å²) in [5.41, 5.74) is -0.340. The Morgan fingerprint density at radius 3 is 2.52 bits per heavy atom. The molecular weight excluding hydrogens is 339 g/mol. The second-order valence-electron chi connectivity index (χ2n) is 5.14. The van der Waals surface area contributed by atoms with Crippen molar-refractivity contribution in [1.29, 1.82) is 0 Å². The molecule has 4 nitrogen and oxygen atoms in total. The van der Waals surface area contributed by atoms with Gasteiger partial charge in [-0.2, -0.15) is 0 Å². The van der Waals surface area contributed by atoms with Crippen LogP contribution in [0, 0.1) is 0 Å². The minimum Gasteiger partial charge on any atom is -0.462 e. The van der Waals surface area contributed by atoms with E-state index in [2.05, 4.69) is 0 Å². The molecule has 0 aliphatic carbocycles. The van der Waals surface area contributed by atoms with Crippen LogP contribution in [-0.2, 0) is 9.47 Å². The van der Waals surface area contributed by atoms with Gasteiger partial charge in [0, 0.05) is 5.02 Å². The minimum atomic E-state index is -0.606. The van der Waals surface area contributed by atoms with E-state index >= 15 is 0 Å². The molecule has 2 atom stereocenters. The first-order valence-corrected chi connectivity index (χ1v) is 7.60. The molecule has 1 aromatic rings. The van der Waals surface area contributed by atoms with Crippen molar-refractivity contribution >= 4 is 40.8 Å². The fraction of sp³-hybridized carbons (Fsp3) is 0.500. The molecule has 0 bridgehead atoms. The van der Waals surface area contributed by atoms with Crippen LogP contribution in [0.25, 0.3) is 0 Å². The predicted molar refractivity (Wildman–Crippen MR) is 81.4 cm³/mol. The van der Waals surface area contributed by atoms with E-state index in [9.17, 15) is 9.90 Å². The van der Waals surface area contributed by atoms with E-state index in [1.807, 2.05) is 6.92 Å². The average Bonchev–Trinajstić information content (AvgIpc) is 3.12. The van der Waals surface area contributed by atoms with Gasteiger partial charge in [0.15, 0.2) is 0 Å². The summed E-state index contributed by atoms with van der Waals surface area (Å²) >= 11 is 17.6. The molecule has 1 saturated heterocycles. The van der Waals surface area contributed by atoms with Crippen LogP contribution < -0.4 is 0 Å². The number of rotatable bonds is 6. The third-order valence-electron chi connectivity index (χ3n) is 3.37. The number of ether oxygens (including phenoxy) is 2. The lowest BCUT2D eigenvalue weighted by Crippen LogP contribution is -2.26. The third kappa shape index (κ3) is 4.24. The Labute approximate surface area is 137 Å². The van der Waals surface area contributed by atoms with Gasteiger partial charge in [-0.1, -0.05) is 34.8 Å². The van der Waals surface area contributed by atoms with Gasteiger partial charge in [-0.05, 0) is 31.9 Å². The molecule has 1 heterocycles. The van der Waals surface area contributed by atoms with Crippen LogP contribution in [0.5, 0.6) is 0 Å². The summed E-state index contributed by atoms with van der Waals surface area (Å²) in [6.45, 7) is 2.57. The van der Waals surface area contributed by atoms with Crippen LogP contribution in [0.4, 0.5) is 0 Å². The van der Waals surface area contributed by atoms with E-state index in [-0.39, 0.29) is 22.2 Å². The van der Waals surface area contributed by atoms with E-state index in [0.29, 0.717) is 24.5 Å². The summed E-state index contributed by atoms with van der Waals surface area (Å²) in [6.07, 6.45) is 0.458. The molecule has 0 amide bonds. The molecule has 2 rings (SSSR count). The highest BCUT2D eigenvalue weighted by molar-refractivity contribution is 6.41. The second-order valence-corrected chi connectivity index (χ2v) is 6.39. The van der Waals surface area contributed by atoms with Gasteiger partial charge in [0.05, 0.1) is 34.9 Å². The van der Waals surface area contributed by atoms with E-state index < -0.39 is 17.7 Å². The number of hydrogen-bond acceptors (Lipinski definition) is 4. The molecular formula is C14H15Cl3O4. The molecule has 0 spiro atoms. The first kappa shape index (κ1) is 16.8. The standard InChI is InChI=1S/C14H15Cl3O4/c1-14(7-21-14)11(18)3-2-4-20-13(19)12-9(16)5-8(15)6-10(12)17/h5-6,11,18H,2-4,7H2,1H3/t11-,14+/m1/s1. The van der Waals surface area contributed by atoms with Crippen molar-refractivity contribution < 1.29 is 19.4 Å². The highest BCUT2D eigenvalue weighted by Gasteiger charge is 2.45. The molecule has 1 N–H and O–H groups in total. The molecule has 0 aromatic heterocycles. The van der Waals surface area contributed by atoms with Gasteiger partial charge >= 0.3 is 5.97 Å². The Morgan fingerprint density at radius 1 is 1.43 bits per heavy atom. The summed E-state index contributed by atoms with van der Waals surface area (Å²) < 4.78 is 10.3. The highest BCUT2D eigenvalue weighted by Crippen LogP contribution is 2.32. The minimum absolute atomic E-state index is 0.0979. The van der Waals surface area contributed by atoms with Crippen LogP contribution in [-0.4, -0.2) is 36.0 Å². The Hall–Kier alpha value is -0.520. The number of benzene rings is 1. The van der Waals surface area contributed by atoms with Gasteiger partial charge in [0.25, 0.3) is 0 Å².